The molecule has 21 heavy (non-hydrogen) atoms. The van der Waals surface area contributed by atoms with Gasteiger partial charge in [0, 0.05) is 23.5 Å². The molecule has 2 unspecified atom stereocenters. The summed E-state index contributed by atoms with van der Waals surface area (Å²) in [4.78, 5) is 0. The molecule has 0 saturated carbocycles. The third kappa shape index (κ3) is 2.94. The van der Waals surface area contributed by atoms with E-state index < -0.39 is 5.82 Å². The third-order valence-corrected chi connectivity index (χ3v) is 4.75. The van der Waals surface area contributed by atoms with Crippen LogP contribution >= 0.6 is 23.2 Å². The van der Waals surface area contributed by atoms with Crippen LogP contribution in [0.2, 0.25) is 10.0 Å². The van der Waals surface area contributed by atoms with E-state index in [1.54, 1.807) is 0 Å². The van der Waals surface area contributed by atoms with Gasteiger partial charge in [-0.25, -0.2) is 4.39 Å². The molecule has 0 aromatic heterocycles. The van der Waals surface area contributed by atoms with E-state index in [0.29, 0.717) is 10.9 Å². The van der Waals surface area contributed by atoms with E-state index in [-0.39, 0.29) is 11.1 Å². The second kappa shape index (κ2) is 5.96. The first kappa shape index (κ1) is 14.8. The van der Waals surface area contributed by atoms with Crippen LogP contribution in [0, 0.1) is 5.82 Å². The van der Waals surface area contributed by atoms with Crippen LogP contribution in [0.1, 0.15) is 35.6 Å². The fraction of sp³-hybridized carbons (Fsp3) is 0.294. The summed E-state index contributed by atoms with van der Waals surface area (Å²) in [6.07, 6.45) is 1.10. The summed E-state index contributed by atoms with van der Waals surface area (Å²) in [6, 6.07) is 11.3. The van der Waals surface area contributed by atoms with Crippen LogP contribution < -0.4 is 5.32 Å². The maximum absolute atomic E-state index is 13.6. The number of hydrogen-bond donors (Lipinski definition) is 1. The second-order valence-electron chi connectivity index (χ2n) is 5.52. The minimum Gasteiger partial charge on any atom is -0.310 e. The number of benzene rings is 2. The molecule has 0 bridgehead atoms. The summed E-state index contributed by atoms with van der Waals surface area (Å²) in [5.74, 6) is 0.0956. The Kier molecular flexibility index (Phi) is 4.21. The fourth-order valence-electron chi connectivity index (χ4n) is 2.84. The summed E-state index contributed by atoms with van der Waals surface area (Å²) in [5.41, 5.74) is 3.57. The monoisotopic (exact) mass is 323 g/mol. The van der Waals surface area contributed by atoms with Gasteiger partial charge in [0.1, 0.15) is 5.82 Å². The zero-order valence-electron chi connectivity index (χ0n) is 11.7. The van der Waals surface area contributed by atoms with Crippen molar-refractivity contribution in [3.8, 4) is 0 Å². The summed E-state index contributed by atoms with van der Waals surface area (Å²) < 4.78 is 13.6. The molecular formula is C17H16Cl2FN. The SMILES string of the molecule is CC(NCC1Cc2ccccc21)c1cc(F)c(Cl)cc1Cl. The maximum atomic E-state index is 13.6. The predicted molar refractivity (Wildman–Crippen MR) is 85.7 cm³/mol. The Morgan fingerprint density at radius 2 is 2.00 bits per heavy atom. The maximum Gasteiger partial charge on any atom is 0.142 e. The Morgan fingerprint density at radius 3 is 2.76 bits per heavy atom. The summed E-state index contributed by atoms with van der Waals surface area (Å²) in [6.45, 7) is 2.85. The normalized spacial score (nSPS) is 18.0. The van der Waals surface area contributed by atoms with Crippen LogP contribution in [0.25, 0.3) is 0 Å². The lowest BCUT2D eigenvalue weighted by Crippen LogP contribution is -2.30. The van der Waals surface area contributed by atoms with Crippen LogP contribution in [-0.2, 0) is 6.42 Å². The standard InChI is InChI=1S/C17H16Cl2FN/c1-10(14-7-17(20)16(19)8-15(14)18)21-9-12-6-11-4-2-3-5-13(11)12/h2-5,7-8,10,12,21H,6,9H2,1H3. The first-order chi connectivity index (χ1) is 10.1. The molecule has 1 N–H and O–H groups in total. The van der Waals surface area contributed by atoms with E-state index in [2.05, 4.69) is 29.6 Å². The Hall–Kier alpha value is -1.09. The van der Waals surface area contributed by atoms with Gasteiger partial charge in [0.05, 0.1) is 5.02 Å². The lowest BCUT2D eigenvalue weighted by atomic mass is 9.77. The van der Waals surface area contributed by atoms with Crippen molar-refractivity contribution in [1.29, 1.82) is 0 Å². The van der Waals surface area contributed by atoms with Crippen LogP contribution in [-0.4, -0.2) is 6.54 Å². The Bertz CT molecular complexity index is 672. The summed E-state index contributed by atoms with van der Waals surface area (Å²) >= 11 is 11.9. The highest BCUT2D eigenvalue weighted by Gasteiger charge is 2.25. The van der Waals surface area contributed by atoms with Gasteiger partial charge in [0.2, 0.25) is 0 Å². The van der Waals surface area contributed by atoms with Crippen molar-refractivity contribution < 1.29 is 4.39 Å². The zero-order valence-corrected chi connectivity index (χ0v) is 13.2. The van der Waals surface area contributed by atoms with Crippen molar-refractivity contribution in [2.75, 3.05) is 6.54 Å². The minimum absolute atomic E-state index is 0.0166. The molecule has 4 heteroatoms. The molecule has 1 aliphatic carbocycles. The molecule has 0 aliphatic heterocycles. The molecule has 0 radical (unpaired) electrons. The number of fused-ring (bicyclic) bond motifs is 1. The van der Waals surface area contributed by atoms with E-state index in [9.17, 15) is 4.39 Å². The first-order valence-corrected chi connectivity index (χ1v) is 7.77. The van der Waals surface area contributed by atoms with E-state index >= 15 is 0 Å². The largest absolute Gasteiger partial charge is 0.310 e. The third-order valence-electron chi connectivity index (χ3n) is 4.14. The predicted octanol–water partition coefficient (Wildman–Crippen LogP) is 5.12. The zero-order chi connectivity index (χ0) is 15.0. The molecule has 0 amide bonds. The highest BCUT2D eigenvalue weighted by molar-refractivity contribution is 6.35. The van der Waals surface area contributed by atoms with Crippen molar-refractivity contribution in [3.05, 3.63) is 69.0 Å². The van der Waals surface area contributed by atoms with Crippen molar-refractivity contribution in [2.24, 2.45) is 0 Å². The average Bonchev–Trinajstić information content (AvgIpc) is 2.43. The number of halogens is 3. The van der Waals surface area contributed by atoms with Gasteiger partial charge in [0.15, 0.2) is 0 Å². The van der Waals surface area contributed by atoms with Gasteiger partial charge < -0.3 is 5.32 Å². The molecule has 0 saturated heterocycles. The van der Waals surface area contributed by atoms with Crippen LogP contribution in [0.3, 0.4) is 0 Å². The van der Waals surface area contributed by atoms with E-state index in [4.69, 9.17) is 23.2 Å². The van der Waals surface area contributed by atoms with E-state index in [1.807, 2.05) is 6.92 Å². The van der Waals surface area contributed by atoms with Crippen LogP contribution in [0.5, 0.6) is 0 Å². The van der Waals surface area contributed by atoms with Crippen LogP contribution in [0.15, 0.2) is 36.4 Å². The van der Waals surface area contributed by atoms with Gasteiger partial charge in [0.25, 0.3) is 0 Å². The molecule has 1 aliphatic rings. The molecule has 3 rings (SSSR count). The van der Waals surface area contributed by atoms with E-state index in [0.717, 1.165) is 18.5 Å². The molecule has 0 spiro atoms. The highest BCUT2D eigenvalue weighted by Crippen LogP contribution is 2.35. The molecule has 110 valence electrons. The Balaban J connectivity index is 1.66. The molecule has 0 fully saturated rings. The first-order valence-electron chi connectivity index (χ1n) is 7.02. The van der Waals surface area contributed by atoms with Crippen molar-refractivity contribution in [3.63, 3.8) is 0 Å². The number of nitrogens with one attached hydrogen (secondary N) is 1. The van der Waals surface area contributed by atoms with Crippen LogP contribution in [0.4, 0.5) is 4.39 Å². The highest BCUT2D eigenvalue weighted by atomic mass is 35.5. The van der Waals surface area contributed by atoms with Gasteiger partial charge in [-0.05, 0) is 42.2 Å². The second-order valence-corrected chi connectivity index (χ2v) is 6.33. The molecule has 2 aromatic rings. The van der Waals surface area contributed by atoms with Crippen molar-refractivity contribution >= 4 is 23.2 Å². The van der Waals surface area contributed by atoms with Gasteiger partial charge >= 0.3 is 0 Å². The lowest BCUT2D eigenvalue weighted by molar-refractivity contribution is 0.487. The Labute approximate surface area is 134 Å². The summed E-state index contributed by atoms with van der Waals surface area (Å²) in [7, 11) is 0. The molecule has 2 aromatic carbocycles. The lowest BCUT2D eigenvalue weighted by Gasteiger charge is -2.31. The number of rotatable bonds is 4. The van der Waals surface area contributed by atoms with Crippen molar-refractivity contribution in [2.45, 2.75) is 25.3 Å². The van der Waals surface area contributed by atoms with Gasteiger partial charge in [-0.3, -0.25) is 0 Å². The molecule has 1 nitrogen and oxygen atoms in total. The molecule has 2 atom stereocenters. The fourth-order valence-corrected chi connectivity index (χ4v) is 3.39. The Morgan fingerprint density at radius 1 is 1.24 bits per heavy atom. The quantitative estimate of drug-likeness (QED) is 0.770. The molecule has 0 heterocycles. The smallest absolute Gasteiger partial charge is 0.142 e. The topological polar surface area (TPSA) is 12.0 Å². The number of hydrogen-bond acceptors (Lipinski definition) is 1. The van der Waals surface area contributed by atoms with Crippen molar-refractivity contribution in [1.82, 2.24) is 5.32 Å². The minimum atomic E-state index is -0.432. The van der Waals surface area contributed by atoms with Gasteiger partial charge in [-0.15, -0.1) is 0 Å². The van der Waals surface area contributed by atoms with E-state index in [1.165, 1.54) is 23.3 Å². The average molecular weight is 324 g/mol. The summed E-state index contributed by atoms with van der Waals surface area (Å²) in [5, 5.41) is 3.99. The van der Waals surface area contributed by atoms with Gasteiger partial charge in [-0.1, -0.05) is 47.5 Å². The van der Waals surface area contributed by atoms with Gasteiger partial charge in [-0.2, -0.15) is 0 Å². The molecular weight excluding hydrogens is 308 g/mol.